The lowest BCUT2D eigenvalue weighted by Crippen LogP contribution is -2.28. The second-order valence-electron chi connectivity index (χ2n) is 5.78. The maximum absolute atomic E-state index is 12.2. The van der Waals surface area contributed by atoms with Crippen LogP contribution in [0.5, 0.6) is 5.75 Å². The molecule has 1 saturated heterocycles. The lowest BCUT2D eigenvalue weighted by atomic mass is 9.99. The molecule has 1 aliphatic heterocycles. The number of ether oxygens (including phenoxy) is 2. The molecule has 2 aromatic rings. The Bertz CT molecular complexity index is 679. The van der Waals surface area contributed by atoms with Gasteiger partial charge in [-0.25, -0.2) is 0 Å². The third kappa shape index (κ3) is 4.06. The zero-order valence-corrected chi connectivity index (χ0v) is 13.7. The number of hydrogen-bond acceptors (Lipinski definition) is 4. The van der Waals surface area contributed by atoms with Crippen molar-refractivity contribution in [3.05, 3.63) is 48.5 Å². The summed E-state index contributed by atoms with van der Waals surface area (Å²) in [5.41, 5.74) is 2.64. The van der Waals surface area contributed by atoms with Crippen LogP contribution in [-0.4, -0.2) is 26.2 Å². The zero-order chi connectivity index (χ0) is 16.8. The van der Waals surface area contributed by atoms with E-state index in [-0.39, 0.29) is 11.8 Å². The second-order valence-corrected chi connectivity index (χ2v) is 5.78. The summed E-state index contributed by atoms with van der Waals surface area (Å²) in [7, 11) is 1.65. The molecule has 3 rings (SSSR count). The second kappa shape index (κ2) is 7.84. The monoisotopic (exact) mass is 326 g/mol. The van der Waals surface area contributed by atoms with Crippen molar-refractivity contribution in [1.29, 1.82) is 0 Å². The molecule has 0 aliphatic carbocycles. The van der Waals surface area contributed by atoms with E-state index in [1.807, 2.05) is 48.5 Å². The molecule has 2 aromatic carbocycles. The summed E-state index contributed by atoms with van der Waals surface area (Å²) < 4.78 is 10.6. The molecule has 0 radical (unpaired) electrons. The van der Waals surface area contributed by atoms with Crippen LogP contribution >= 0.6 is 0 Å². The van der Waals surface area contributed by atoms with Crippen LogP contribution < -0.4 is 15.4 Å². The van der Waals surface area contributed by atoms with Gasteiger partial charge in [0.1, 0.15) is 5.75 Å². The number of rotatable bonds is 5. The Morgan fingerprint density at radius 3 is 2.42 bits per heavy atom. The van der Waals surface area contributed by atoms with Crippen molar-refractivity contribution < 1.29 is 14.3 Å². The highest BCUT2D eigenvalue weighted by Gasteiger charge is 2.21. The minimum Gasteiger partial charge on any atom is -0.495 e. The fourth-order valence-electron chi connectivity index (χ4n) is 2.74. The van der Waals surface area contributed by atoms with E-state index in [1.165, 1.54) is 0 Å². The van der Waals surface area contributed by atoms with Crippen molar-refractivity contribution in [2.24, 2.45) is 5.92 Å². The summed E-state index contributed by atoms with van der Waals surface area (Å²) in [6.07, 6.45) is 1.58. The molecule has 126 valence electrons. The van der Waals surface area contributed by atoms with Gasteiger partial charge >= 0.3 is 0 Å². The van der Waals surface area contributed by atoms with E-state index in [0.29, 0.717) is 13.2 Å². The third-order valence-corrected chi connectivity index (χ3v) is 4.13. The Morgan fingerprint density at radius 2 is 1.71 bits per heavy atom. The Morgan fingerprint density at radius 1 is 1.04 bits per heavy atom. The predicted molar refractivity (Wildman–Crippen MR) is 94.9 cm³/mol. The van der Waals surface area contributed by atoms with Crippen molar-refractivity contribution in [1.82, 2.24) is 0 Å². The molecule has 1 fully saturated rings. The van der Waals surface area contributed by atoms with Gasteiger partial charge in [-0.3, -0.25) is 4.79 Å². The maximum Gasteiger partial charge on any atom is 0.227 e. The first kappa shape index (κ1) is 16.3. The number of carbonyl (C=O) groups is 1. The molecule has 1 amide bonds. The van der Waals surface area contributed by atoms with Gasteiger partial charge in [0, 0.05) is 30.5 Å². The minimum absolute atomic E-state index is 0.0464. The summed E-state index contributed by atoms with van der Waals surface area (Å²) in [6, 6.07) is 15.4. The molecule has 24 heavy (non-hydrogen) atoms. The average molecular weight is 326 g/mol. The van der Waals surface area contributed by atoms with Crippen LogP contribution in [-0.2, 0) is 9.53 Å². The van der Waals surface area contributed by atoms with Crippen LogP contribution in [0.15, 0.2) is 48.5 Å². The molecule has 0 saturated carbocycles. The van der Waals surface area contributed by atoms with E-state index in [1.54, 1.807) is 7.11 Å². The number of hydrogen-bond donors (Lipinski definition) is 2. The van der Waals surface area contributed by atoms with E-state index >= 15 is 0 Å². The van der Waals surface area contributed by atoms with Crippen molar-refractivity contribution >= 4 is 23.0 Å². The first-order valence-corrected chi connectivity index (χ1v) is 8.15. The number of nitrogens with one attached hydrogen (secondary N) is 2. The van der Waals surface area contributed by atoms with E-state index < -0.39 is 0 Å². The molecular weight excluding hydrogens is 304 g/mol. The van der Waals surface area contributed by atoms with Gasteiger partial charge in [0.25, 0.3) is 0 Å². The summed E-state index contributed by atoms with van der Waals surface area (Å²) in [5.74, 6) is 0.906. The minimum atomic E-state index is 0.0464. The molecule has 5 nitrogen and oxygen atoms in total. The number of benzene rings is 2. The molecule has 0 atom stereocenters. The average Bonchev–Trinajstić information content (AvgIpc) is 2.64. The number of amides is 1. The predicted octanol–water partition coefficient (Wildman–Crippen LogP) is 3.80. The molecule has 0 unspecified atom stereocenters. The Hall–Kier alpha value is -2.53. The van der Waals surface area contributed by atoms with Gasteiger partial charge in [0.2, 0.25) is 5.91 Å². The van der Waals surface area contributed by atoms with Crippen molar-refractivity contribution in [3.8, 4) is 5.75 Å². The molecule has 0 aromatic heterocycles. The molecule has 0 bridgehead atoms. The van der Waals surface area contributed by atoms with Gasteiger partial charge in [0.05, 0.1) is 12.8 Å². The zero-order valence-electron chi connectivity index (χ0n) is 13.7. The highest BCUT2D eigenvalue weighted by atomic mass is 16.5. The standard InChI is InChI=1S/C19H22N2O3/c1-23-18-5-3-2-4-17(18)20-15-6-8-16(9-7-15)21-19(22)14-10-12-24-13-11-14/h2-9,14,20H,10-13H2,1H3,(H,21,22). The maximum atomic E-state index is 12.2. The first-order valence-electron chi connectivity index (χ1n) is 8.15. The summed E-state index contributed by atoms with van der Waals surface area (Å²) >= 11 is 0. The van der Waals surface area contributed by atoms with Gasteiger partial charge in [0.15, 0.2) is 0 Å². The quantitative estimate of drug-likeness (QED) is 0.877. The number of para-hydroxylation sites is 2. The summed E-state index contributed by atoms with van der Waals surface area (Å²) in [4.78, 5) is 12.2. The smallest absolute Gasteiger partial charge is 0.227 e. The van der Waals surface area contributed by atoms with Crippen LogP contribution in [0.2, 0.25) is 0 Å². The van der Waals surface area contributed by atoms with Gasteiger partial charge in [-0.05, 0) is 49.2 Å². The number of anilines is 3. The van der Waals surface area contributed by atoms with E-state index in [2.05, 4.69) is 10.6 Å². The third-order valence-electron chi connectivity index (χ3n) is 4.13. The molecular formula is C19H22N2O3. The van der Waals surface area contributed by atoms with Crippen molar-refractivity contribution in [2.75, 3.05) is 31.0 Å². The van der Waals surface area contributed by atoms with Crippen LogP contribution in [0.1, 0.15) is 12.8 Å². The van der Waals surface area contributed by atoms with Gasteiger partial charge < -0.3 is 20.1 Å². The molecule has 1 heterocycles. The van der Waals surface area contributed by atoms with E-state index in [4.69, 9.17) is 9.47 Å². The Kier molecular flexibility index (Phi) is 5.33. The lowest BCUT2D eigenvalue weighted by molar-refractivity contribution is -0.122. The normalized spacial score (nSPS) is 14.9. The highest BCUT2D eigenvalue weighted by molar-refractivity contribution is 5.92. The molecule has 0 spiro atoms. The largest absolute Gasteiger partial charge is 0.495 e. The van der Waals surface area contributed by atoms with Crippen molar-refractivity contribution in [3.63, 3.8) is 0 Å². The van der Waals surface area contributed by atoms with Gasteiger partial charge in [-0.2, -0.15) is 0 Å². The van der Waals surface area contributed by atoms with Gasteiger partial charge in [-0.1, -0.05) is 12.1 Å². The van der Waals surface area contributed by atoms with Crippen LogP contribution in [0, 0.1) is 5.92 Å². The van der Waals surface area contributed by atoms with Crippen LogP contribution in [0.4, 0.5) is 17.1 Å². The first-order chi connectivity index (χ1) is 11.8. The van der Waals surface area contributed by atoms with Crippen molar-refractivity contribution in [2.45, 2.75) is 12.8 Å². The van der Waals surface area contributed by atoms with Gasteiger partial charge in [-0.15, -0.1) is 0 Å². The van der Waals surface area contributed by atoms with Crippen LogP contribution in [0.3, 0.4) is 0 Å². The fourth-order valence-corrected chi connectivity index (χ4v) is 2.74. The summed E-state index contributed by atoms with van der Waals surface area (Å²) in [6.45, 7) is 1.33. The molecule has 1 aliphatic rings. The van der Waals surface area contributed by atoms with Crippen LogP contribution in [0.25, 0.3) is 0 Å². The SMILES string of the molecule is COc1ccccc1Nc1ccc(NC(=O)C2CCOCC2)cc1. The van der Waals surface area contributed by atoms with E-state index in [0.717, 1.165) is 35.7 Å². The lowest BCUT2D eigenvalue weighted by Gasteiger charge is -2.21. The van der Waals surface area contributed by atoms with E-state index in [9.17, 15) is 4.79 Å². The summed E-state index contributed by atoms with van der Waals surface area (Å²) in [5, 5.41) is 6.29. The Labute approximate surface area is 142 Å². The fraction of sp³-hybridized carbons (Fsp3) is 0.316. The molecule has 2 N–H and O–H groups in total. The molecule has 5 heteroatoms. The number of methoxy groups -OCH3 is 1. The topological polar surface area (TPSA) is 59.6 Å². The number of carbonyl (C=O) groups excluding carboxylic acids is 1. The Balaban J connectivity index is 1.61. The highest BCUT2D eigenvalue weighted by Crippen LogP contribution is 2.27.